The van der Waals surface area contributed by atoms with Crippen LogP contribution in [-0.2, 0) is 6.42 Å². The van der Waals surface area contributed by atoms with Gasteiger partial charge in [-0.25, -0.2) is 0 Å². The van der Waals surface area contributed by atoms with Crippen LogP contribution < -0.4 is 0 Å². The molecule has 0 spiro atoms. The van der Waals surface area contributed by atoms with Crippen molar-refractivity contribution in [2.45, 2.75) is 13.3 Å². The standard InChI is InChI=1S/C11H11NS/c1-9-4-5-11(13-9)7-10-3-2-6-12-8-10/h2-6,8H,7H2,1H3. The third-order valence-corrected chi connectivity index (χ3v) is 2.90. The van der Waals surface area contributed by atoms with Gasteiger partial charge < -0.3 is 0 Å². The molecule has 0 saturated carbocycles. The largest absolute Gasteiger partial charge is 0.264 e. The monoisotopic (exact) mass is 189 g/mol. The van der Waals surface area contributed by atoms with Crippen LogP contribution in [0.15, 0.2) is 36.7 Å². The summed E-state index contributed by atoms with van der Waals surface area (Å²) in [6.45, 7) is 2.14. The van der Waals surface area contributed by atoms with E-state index in [1.54, 1.807) is 0 Å². The molecular formula is C11H11NS. The first-order valence-electron chi connectivity index (χ1n) is 4.29. The van der Waals surface area contributed by atoms with E-state index in [1.165, 1.54) is 15.3 Å². The second kappa shape index (κ2) is 3.71. The number of pyridine rings is 1. The summed E-state index contributed by atoms with van der Waals surface area (Å²) in [6.07, 6.45) is 4.74. The molecule has 0 unspecified atom stereocenters. The lowest BCUT2D eigenvalue weighted by Gasteiger charge is -1.95. The Kier molecular flexibility index (Phi) is 2.41. The average Bonchev–Trinajstić information content (AvgIpc) is 2.53. The summed E-state index contributed by atoms with van der Waals surface area (Å²) in [7, 11) is 0. The van der Waals surface area contributed by atoms with Gasteiger partial charge in [0.15, 0.2) is 0 Å². The van der Waals surface area contributed by atoms with Crippen LogP contribution in [0.25, 0.3) is 0 Å². The third-order valence-electron chi connectivity index (χ3n) is 1.90. The highest BCUT2D eigenvalue weighted by atomic mass is 32.1. The summed E-state index contributed by atoms with van der Waals surface area (Å²) in [6, 6.07) is 8.45. The molecule has 0 radical (unpaired) electrons. The summed E-state index contributed by atoms with van der Waals surface area (Å²) < 4.78 is 0. The quantitative estimate of drug-likeness (QED) is 0.707. The van der Waals surface area contributed by atoms with Crippen molar-refractivity contribution in [1.29, 1.82) is 0 Å². The molecule has 13 heavy (non-hydrogen) atoms. The number of nitrogens with zero attached hydrogens (tertiary/aromatic N) is 1. The number of hydrogen-bond acceptors (Lipinski definition) is 2. The fourth-order valence-corrected chi connectivity index (χ4v) is 2.21. The first-order chi connectivity index (χ1) is 6.34. The van der Waals surface area contributed by atoms with E-state index < -0.39 is 0 Å². The Labute approximate surface area is 82.1 Å². The van der Waals surface area contributed by atoms with Crippen LogP contribution in [-0.4, -0.2) is 4.98 Å². The van der Waals surface area contributed by atoms with Gasteiger partial charge in [0.05, 0.1) is 0 Å². The molecule has 0 aliphatic heterocycles. The van der Waals surface area contributed by atoms with Gasteiger partial charge >= 0.3 is 0 Å². The smallest absolute Gasteiger partial charge is 0.0303 e. The molecule has 0 N–H and O–H groups in total. The Hall–Kier alpha value is -1.15. The predicted molar refractivity (Wildman–Crippen MR) is 56.1 cm³/mol. The molecule has 0 aromatic carbocycles. The molecule has 0 aliphatic carbocycles. The van der Waals surface area contributed by atoms with Gasteiger partial charge in [0.25, 0.3) is 0 Å². The fraction of sp³-hybridized carbons (Fsp3) is 0.182. The number of rotatable bonds is 2. The van der Waals surface area contributed by atoms with E-state index in [0.717, 1.165) is 6.42 Å². The molecule has 0 amide bonds. The Morgan fingerprint density at radius 2 is 2.23 bits per heavy atom. The van der Waals surface area contributed by atoms with Crippen LogP contribution >= 0.6 is 11.3 Å². The van der Waals surface area contributed by atoms with Gasteiger partial charge in [0.1, 0.15) is 0 Å². The molecule has 2 aromatic heterocycles. The van der Waals surface area contributed by atoms with Crippen LogP contribution in [0.2, 0.25) is 0 Å². The Balaban J connectivity index is 2.15. The highest BCUT2D eigenvalue weighted by molar-refractivity contribution is 7.11. The maximum absolute atomic E-state index is 4.09. The Bertz CT molecular complexity index is 378. The minimum Gasteiger partial charge on any atom is -0.264 e. The maximum Gasteiger partial charge on any atom is 0.0303 e. The molecule has 2 heteroatoms. The van der Waals surface area contributed by atoms with E-state index in [9.17, 15) is 0 Å². The van der Waals surface area contributed by atoms with Crippen molar-refractivity contribution in [3.8, 4) is 0 Å². The van der Waals surface area contributed by atoms with Gasteiger partial charge in [-0.2, -0.15) is 0 Å². The van der Waals surface area contributed by atoms with Crippen LogP contribution in [0.5, 0.6) is 0 Å². The van der Waals surface area contributed by atoms with Gasteiger partial charge in [-0.3, -0.25) is 4.98 Å². The normalized spacial score (nSPS) is 10.2. The van der Waals surface area contributed by atoms with E-state index in [0.29, 0.717) is 0 Å². The molecule has 0 atom stereocenters. The van der Waals surface area contributed by atoms with E-state index in [1.807, 2.05) is 29.8 Å². The number of thiophene rings is 1. The molecule has 2 aromatic rings. The van der Waals surface area contributed by atoms with Crippen molar-refractivity contribution in [1.82, 2.24) is 4.98 Å². The minimum atomic E-state index is 1.01. The van der Waals surface area contributed by atoms with Crippen LogP contribution in [0.3, 0.4) is 0 Å². The van der Waals surface area contributed by atoms with Gasteiger partial charge in [0, 0.05) is 28.6 Å². The number of hydrogen-bond donors (Lipinski definition) is 0. The van der Waals surface area contributed by atoms with Gasteiger partial charge in [-0.1, -0.05) is 6.07 Å². The zero-order valence-corrected chi connectivity index (χ0v) is 8.34. The van der Waals surface area contributed by atoms with Crippen LogP contribution in [0.1, 0.15) is 15.3 Å². The minimum absolute atomic E-state index is 1.01. The van der Waals surface area contributed by atoms with Crippen molar-refractivity contribution < 1.29 is 0 Å². The third kappa shape index (κ3) is 2.16. The summed E-state index contributed by atoms with van der Waals surface area (Å²) >= 11 is 1.85. The summed E-state index contributed by atoms with van der Waals surface area (Å²) in [4.78, 5) is 6.87. The lowest BCUT2D eigenvalue weighted by Crippen LogP contribution is -1.84. The van der Waals surface area contributed by atoms with Crippen molar-refractivity contribution in [2.75, 3.05) is 0 Å². The first kappa shape index (κ1) is 8.45. The van der Waals surface area contributed by atoms with Crippen molar-refractivity contribution >= 4 is 11.3 Å². The molecule has 0 aliphatic rings. The molecule has 1 nitrogen and oxygen atoms in total. The zero-order chi connectivity index (χ0) is 9.10. The van der Waals surface area contributed by atoms with Gasteiger partial charge in [0.2, 0.25) is 0 Å². The molecule has 2 heterocycles. The maximum atomic E-state index is 4.09. The van der Waals surface area contributed by atoms with Crippen molar-refractivity contribution in [3.05, 3.63) is 52.0 Å². The summed E-state index contributed by atoms with van der Waals surface area (Å²) in [5.74, 6) is 0. The second-order valence-electron chi connectivity index (χ2n) is 3.05. The predicted octanol–water partition coefficient (Wildman–Crippen LogP) is 3.04. The first-order valence-corrected chi connectivity index (χ1v) is 5.10. The van der Waals surface area contributed by atoms with Gasteiger partial charge in [-0.15, -0.1) is 11.3 Å². The number of aromatic nitrogens is 1. The lowest BCUT2D eigenvalue weighted by molar-refractivity contribution is 1.17. The molecule has 0 bridgehead atoms. The average molecular weight is 189 g/mol. The van der Waals surface area contributed by atoms with Crippen molar-refractivity contribution in [2.24, 2.45) is 0 Å². The topological polar surface area (TPSA) is 12.9 Å². The molecule has 0 fully saturated rings. The highest BCUT2D eigenvalue weighted by Gasteiger charge is 1.97. The van der Waals surface area contributed by atoms with Crippen LogP contribution in [0, 0.1) is 6.92 Å². The number of aryl methyl sites for hydroxylation is 1. The molecule has 2 rings (SSSR count). The SMILES string of the molecule is Cc1ccc(Cc2cccnc2)s1. The Morgan fingerprint density at radius 1 is 1.31 bits per heavy atom. The van der Waals surface area contributed by atoms with E-state index >= 15 is 0 Å². The zero-order valence-electron chi connectivity index (χ0n) is 7.53. The molecular weight excluding hydrogens is 178 g/mol. The lowest BCUT2D eigenvalue weighted by atomic mass is 10.2. The Morgan fingerprint density at radius 3 is 2.85 bits per heavy atom. The molecule has 66 valence electrons. The van der Waals surface area contributed by atoms with E-state index in [-0.39, 0.29) is 0 Å². The van der Waals surface area contributed by atoms with E-state index in [4.69, 9.17) is 0 Å². The van der Waals surface area contributed by atoms with E-state index in [2.05, 4.69) is 30.1 Å². The second-order valence-corrected chi connectivity index (χ2v) is 4.42. The van der Waals surface area contributed by atoms with Crippen LogP contribution in [0.4, 0.5) is 0 Å². The summed E-state index contributed by atoms with van der Waals surface area (Å²) in [5, 5.41) is 0. The fourth-order valence-electron chi connectivity index (χ4n) is 1.28. The molecule has 0 saturated heterocycles. The summed E-state index contributed by atoms with van der Waals surface area (Å²) in [5.41, 5.74) is 1.28. The van der Waals surface area contributed by atoms with Crippen molar-refractivity contribution in [3.63, 3.8) is 0 Å². The highest BCUT2D eigenvalue weighted by Crippen LogP contribution is 2.18. The van der Waals surface area contributed by atoms with Gasteiger partial charge in [-0.05, 0) is 30.7 Å².